The Morgan fingerprint density at radius 1 is 1.00 bits per heavy atom. The Morgan fingerprint density at radius 3 is 2.45 bits per heavy atom. The first kappa shape index (κ1) is 12.8. The largest absolute Gasteiger partial charge is 0.325 e. The molecule has 20 heavy (non-hydrogen) atoms. The lowest BCUT2D eigenvalue weighted by molar-refractivity contribution is 1.06. The Bertz CT molecular complexity index is 674. The molecule has 0 aliphatic rings. The molecule has 4 heteroatoms. The van der Waals surface area contributed by atoms with Gasteiger partial charge < -0.3 is 5.32 Å². The molecule has 0 saturated heterocycles. The van der Waals surface area contributed by atoms with E-state index in [9.17, 15) is 0 Å². The first-order valence-corrected chi connectivity index (χ1v) is 7.59. The molecule has 3 aromatic rings. The molecule has 0 bridgehead atoms. The second-order valence-electron chi connectivity index (χ2n) is 4.31. The maximum absolute atomic E-state index is 4.38. The number of para-hydroxylation sites is 1. The lowest BCUT2D eigenvalue weighted by Gasteiger charge is -2.10. The van der Waals surface area contributed by atoms with Gasteiger partial charge in [0.2, 0.25) is 5.95 Å². The number of rotatable bonds is 4. The van der Waals surface area contributed by atoms with Crippen LogP contribution in [-0.4, -0.2) is 15.8 Å². The SMILES string of the molecule is CSc1ccc(-n2ccnc2Nc2ccccc2)cc1. The molecular formula is C16H15N3S. The van der Waals surface area contributed by atoms with Crippen LogP contribution in [0.5, 0.6) is 0 Å². The Morgan fingerprint density at radius 2 is 1.75 bits per heavy atom. The fourth-order valence-corrected chi connectivity index (χ4v) is 2.41. The summed E-state index contributed by atoms with van der Waals surface area (Å²) >= 11 is 1.74. The van der Waals surface area contributed by atoms with Crippen molar-refractivity contribution < 1.29 is 0 Å². The van der Waals surface area contributed by atoms with Crippen LogP contribution in [0.4, 0.5) is 11.6 Å². The number of thioether (sulfide) groups is 1. The van der Waals surface area contributed by atoms with Gasteiger partial charge in [-0.05, 0) is 42.7 Å². The van der Waals surface area contributed by atoms with Crippen LogP contribution < -0.4 is 5.32 Å². The molecule has 0 spiro atoms. The van der Waals surface area contributed by atoms with Crippen molar-refractivity contribution in [3.63, 3.8) is 0 Å². The van der Waals surface area contributed by atoms with Crippen molar-refractivity contribution in [1.29, 1.82) is 0 Å². The molecule has 1 N–H and O–H groups in total. The smallest absolute Gasteiger partial charge is 0.211 e. The molecule has 1 aromatic heterocycles. The van der Waals surface area contributed by atoms with Gasteiger partial charge in [0, 0.05) is 28.7 Å². The molecule has 0 unspecified atom stereocenters. The van der Waals surface area contributed by atoms with E-state index in [0.717, 1.165) is 17.3 Å². The average molecular weight is 281 g/mol. The topological polar surface area (TPSA) is 29.9 Å². The van der Waals surface area contributed by atoms with E-state index in [1.54, 1.807) is 18.0 Å². The maximum Gasteiger partial charge on any atom is 0.211 e. The summed E-state index contributed by atoms with van der Waals surface area (Å²) in [6.45, 7) is 0. The number of nitrogens with one attached hydrogen (secondary N) is 1. The molecule has 0 aliphatic carbocycles. The van der Waals surface area contributed by atoms with Gasteiger partial charge in [-0.2, -0.15) is 0 Å². The van der Waals surface area contributed by atoms with Crippen LogP contribution in [-0.2, 0) is 0 Å². The first-order chi connectivity index (χ1) is 9.86. The first-order valence-electron chi connectivity index (χ1n) is 6.36. The van der Waals surface area contributed by atoms with Crippen molar-refractivity contribution in [2.24, 2.45) is 0 Å². The highest BCUT2D eigenvalue weighted by Gasteiger charge is 2.05. The molecule has 0 amide bonds. The quantitative estimate of drug-likeness (QED) is 0.722. The average Bonchev–Trinajstić information content (AvgIpc) is 2.96. The minimum absolute atomic E-state index is 0.813. The van der Waals surface area contributed by atoms with E-state index in [1.807, 2.05) is 41.1 Å². The van der Waals surface area contributed by atoms with Gasteiger partial charge in [-0.15, -0.1) is 11.8 Å². The van der Waals surface area contributed by atoms with Crippen molar-refractivity contribution in [1.82, 2.24) is 9.55 Å². The van der Waals surface area contributed by atoms with E-state index in [2.05, 4.69) is 40.8 Å². The van der Waals surface area contributed by atoms with E-state index >= 15 is 0 Å². The van der Waals surface area contributed by atoms with Gasteiger partial charge >= 0.3 is 0 Å². The molecule has 0 aliphatic heterocycles. The molecule has 3 rings (SSSR count). The van der Waals surface area contributed by atoms with Crippen molar-refractivity contribution in [3.8, 4) is 5.69 Å². The number of anilines is 2. The molecule has 0 saturated carbocycles. The predicted octanol–water partition coefficient (Wildman–Crippen LogP) is 4.34. The second-order valence-corrected chi connectivity index (χ2v) is 5.19. The van der Waals surface area contributed by atoms with Crippen molar-refractivity contribution in [2.75, 3.05) is 11.6 Å². The van der Waals surface area contributed by atoms with E-state index in [1.165, 1.54) is 4.90 Å². The van der Waals surface area contributed by atoms with E-state index in [-0.39, 0.29) is 0 Å². The van der Waals surface area contributed by atoms with Crippen LogP contribution in [0.25, 0.3) is 5.69 Å². The summed E-state index contributed by atoms with van der Waals surface area (Å²) in [7, 11) is 0. The summed E-state index contributed by atoms with van der Waals surface area (Å²) in [4.78, 5) is 5.63. The molecule has 2 aromatic carbocycles. The van der Waals surface area contributed by atoms with Crippen LogP contribution in [0.2, 0.25) is 0 Å². The lowest BCUT2D eigenvalue weighted by atomic mass is 10.3. The number of imidazole rings is 1. The third-order valence-electron chi connectivity index (χ3n) is 3.02. The number of hydrogen-bond acceptors (Lipinski definition) is 3. The maximum atomic E-state index is 4.38. The van der Waals surface area contributed by atoms with Crippen LogP contribution >= 0.6 is 11.8 Å². The van der Waals surface area contributed by atoms with Gasteiger partial charge in [0.1, 0.15) is 0 Å². The van der Waals surface area contributed by atoms with Crippen molar-refractivity contribution in [2.45, 2.75) is 4.90 Å². The fraction of sp³-hybridized carbons (Fsp3) is 0.0625. The zero-order valence-electron chi connectivity index (χ0n) is 11.2. The van der Waals surface area contributed by atoms with Crippen molar-refractivity contribution >= 4 is 23.4 Å². The monoisotopic (exact) mass is 281 g/mol. The Balaban J connectivity index is 1.89. The molecule has 0 radical (unpaired) electrons. The summed E-state index contributed by atoms with van der Waals surface area (Å²) in [5.74, 6) is 0.813. The summed E-state index contributed by atoms with van der Waals surface area (Å²) in [5, 5.41) is 3.33. The van der Waals surface area contributed by atoms with Crippen molar-refractivity contribution in [3.05, 3.63) is 67.0 Å². The zero-order valence-corrected chi connectivity index (χ0v) is 12.0. The molecule has 1 heterocycles. The minimum atomic E-state index is 0.813. The molecule has 100 valence electrons. The predicted molar refractivity (Wildman–Crippen MR) is 85.1 cm³/mol. The lowest BCUT2D eigenvalue weighted by Crippen LogP contribution is -2.00. The third-order valence-corrected chi connectivity index (χ3v) is 3.76. The molecule has 3 nitrogen and oxygen atoms in total. The van der Waals surface area contributed by atoms with Gasteiger partial charge in [-0.1, -0.05) is 18.2 Å². The summed E-state index contributed by atoms with van der Waals surface area (Å²) in [6, 6.07) is 18.5. The van der Waals surface area contributed by atoms with Crippen LogP contribution in [0.15, 0.2) is 71.9 Å². The van der Waals surface area contributed by atoms with E-state index < -0.39 is 0 Å². The molecular weight excluding hydrogens is 266 g/mol. The highest BCUT2D eigenvalue weighted by molar-refractivity contribution is 7.98. The number of hydrogen-bond donors (Lipinski definition) is 1. The fourth-order valence-electron chi connectivity index (χ4n) is 2.00. The summed E-state index contributed by atoms with van der Waals surface area (Å²) in [6.07, 6.45) is 5.84. The van der Waals surface area contributed by atoms with Gasteiger partial charge in [-0.3, -0.25) is 4.57 Å². The Kier molecular flexibility index (Phi) is 3.74. The van der Waals surface area contributed by atoms with Gasteiger partial charge in [0.15, 0.2) is 0 Å². The van der Waals surface area contributed by atoms with Gasteiger partial charge in [0.05, 0.1) is 0 Å². The van der Waals surface area contributed by atoms with E-state index in [4.69, 9.17) is 0 Å². The molecule has 0 atom stereocenters. The summed E-state index contributed by atoms with van der Waals surface area (Å²) in [5.41, 5.74) is 2.12. The zero-order chi connectivity index (χ0) is 13.8. The highest BCUT2D eigenvalue weighted by atomic mass is 32.2. The number of nitrogens with zero attached hydrogens (tertiary/aromatic N) is 2. The van der Waals surface area contributed by atoms with E-state index in [0.29, 0.717) is 0 Å². The Hall–Kier alpha value is -2.20. The normalized spacial score (nSPS) is 10.4. The number of benzene rings is 2. The second kappa shape index (κ2) is 5.84. The Labute approximate surface area is 122 Å². The van der Waals surface area contributed by atoms with Crippen LogP contribution in [0, 0.1) is 0 Å². The highest BCUT2D eigenvalue weighted by Crippen LogP contribution is 2.21. The minimum Gasteiger partial charge on any atom is -0.325 e. The van der Waals surface area contributed by atoms with Gasteiger partial charge in [-0.25, -0.2) is 4.98 Å². The van der Waals surface area contributed by atoms with Crippen LogP contribution in [0.3, 0.4) is 0 Å². The number of aromatic nitrogens is 2. The summed E-state index contributed by atoms with van der Waals surface area (Å²) < 4.78 is 2.04. The standard InChI is InChI=1S/C16H15N3S/c1-20-15-9-7-14(8-10-15)19-12-11-17-16(19)18-13-5-3-2-4-6-13/h2-12H,1H3,(H,17,18). The van der Waals surface area contributed by atoms with Crippen LogP contribution in [0.1, 0.15) is 0 Å². The molecule has 0 fully saturated rings. The third kappa shape index (κ3) is 2.70. The van der Waals surface area contributed by atoms with Gasteiger partial charge in [0.25, 0.3) is 0 Å².